The molecule has 1 nitrogen and oxygen atoms in total. The summed E-state index contributed by atoms with van der Waals surface area (Å²) in [6.07, 6.45) is 16.9. The van der Waals surface area contributed by atoms with Gasteiger partial charge in [-0.2, -0.15) is 0 Å². The summed E-state index contributed by atoms with van der Waals surface area (Å²) in [5.74, 6) is 0.415. The van der Waals surface area contributed by atoms with Crippen molar-refractivity contribution in [2.75, 3.05) is 4.90 Å². The minimum Gasteiger partial charge on any atom is -0.311 e. The van der Waals surface area contributed by atoms with Crippen LogP contribution >= 0.6 is 0 Å². The molecule has 2 aliphatic carbocycles. The fourth-order valence-corrected chi connectivity index (χ4v) is 5.38. The van der Waals surface area contributed by atoms with Gasteiger partial charge in [0.1, 0.15) is 0 Å². The van der Waals surface area contributed by atoms with Crippen LogP contribution in [0.5, 0.6) is 0 Å². The smallest absolute Gasteiger partial charge is 0.0467 e. The molecule has 4 aromatic rings. The van der Waals surface area contributed by atoms with E-state index < -0.39 is 0 Å². The molecule has 0 saturated heterocycles. The highest BCUT2D eigenvalue weighted by atomic mass is 15.1. The molecule has 0 N–H and O–H groups in total. The van der Waals surface area contributed by atoms with Crippen LogP contribution in [0.3, 0.4) is 0 Å². The van der Waals surface area contributed by atoms with Crippen molar-refractivity contribution in [2.24, 2.45) is 0 Å². The summed E-state index contributed by atoms with van der Waals surface area (Å²) < 4.78 is 0. The normalized spacial score (nSPS) is 16.7. The van der Waals surface area contributed by atoms with E-state index in [2.05, 4.69) is 151 Å². The van der Waals surface area contributed by atoms with Gasteiger partial charge in [0, 0.05) is 23.0 Å². The molecule has 0 aliphatic heterocycles. The zero-order valence-corrected chi connectivity index (χ0v) is 21.0. The van der Waals surface area contributed by atoms with Gasteiger partial charge in [-0.3, -0.25) is 0 Å². The summed E-state index contributed by atoms with van der Waals surface area (Å²) in [5, 5.41) is 0. The third-order valence-corrected chi connectivity index (χ3v) is 7.29. The lowest BCUT2D eigenvalue weighted by atomic mass is 9.89. The molecule has 0 aromatic heterocycles. The molecule has 0 spiro atoms. The van der Waals surface area contributed by atoms with Crippen molar-refractivity contribution in [1.82, 2.24) is 0 Å². The van der Waals surface area contributed by atoms with Gasteiger partial charge in [0.05, 0.1) is 0 Å². The molecule has 0 radical (unpaired) electrons. The maximum atomic E-state index is 2.40. The monoisotopic (exact) mass is 477 g/mol. The number of hydrogen-bond donors (Lipinski definition) is 0. The molecule has 180 valence electrons. The average molecular weight is 478 g/mol. The third-order valence-electron chi connectivity index (χ3n) is 7.29. The first-order chi connectivity index (χ1) is 18.4. The van der Waals surface area contributed by atoms with Crippen molar-refractivity contribution in [3.63, 3.8) is 0 Å². The summed E-state index contributed by atoms with van der Waals surface area (Å²) in [4.78, 5) is 2.40. The minimum absolute atomic E-state index is 0.415. The second-order valence-corrected chi connectivity index (χ2v) is 9.67. The van der Waals surface area contributed by atoms with E-state index in [1.807, 2.05) is 0 Å². The van der Waals surface area contributed by atoms with Crippen LogP contribution in [0, 0.1) is 0 Å². The van der Waals surface area contributed by atoms with Crippen LogP contribution in [0.4, 0.5) is 11.4 Å². The van der Waals surface area contributed by atoms with Crippen LogP contribution in [-0.2, 0) is 0 Å². The van der Waals surface area contributed by atoms with Gasteiger partial charge >= 0.3 is 0 Å². The summed E-state index contributed by atoms with van der Waals surface area (Å²) in [6, 6.07) is 39.2. The van der Waals surface area contributed by atoms with Gasteiger partial charge in [0.2, 0.25) is 0 Å². The number of benzene rings is 4. The fraction of sp³-hybridized carbons (Fsp3) is 0.111. The molecular formula is C36H31N. The molecule has 37 heavy (non-hydrogen) atoms. The molecule has 1 heteroatoms. The highest BCUT2D eigenvalue weighted by Gasteiger charge is 2.20. The topological polar surface area (TPSA) is 3.24 Å². The van der Waals surface area contributed by atoms with Gasteiger partial charge in [-0.25, -0.2) is 0 Å². The maximum Gasteiger partial charge on any atom is 0.0467 e. The van der Waals surface area contributed by atoms with Crippen LogP contribution in [0.15, 0.2) is 151 Å². The molecule has 0 amide bonds. The Bertz CT molecular complexity index is 1470. The van der Waals surface area contributed by atoms with E-state index in [1.165, 1.54) is 44.9 Å². The molecule has 2 aliphatic rings. The largest absolute Gasteiger partial charge is 0.311 e. The zero-order valence-electron chi connectivity index (χ0n) is 21.0. The third kappa shape index (κ3) is 4.99. The molecule has 1 unspecified atom stereocenters. The SMILES string of the molecule is C1=CCCC(c2cc(N(C3=CCC(c4ccccc4)C=C3)c3ccccc3)ccc2-c2ccccc2)=C1. The number of nitrogens with zero attached hydrogens (tertiary/aromatic N) is 1. The first-order valence-electron chi connectivity index (χ1n) is 13.2. The molecule has 0 saturated carbocycles. The predicted octanol–water partition coefficient (Wildman–Crippen LogP) is 9.85. The van der Waals surface area contributed by atoms with E-state index in [0.29, 0.717) is 5.92 Å². The summed E-state index contributed by atoms with van der Waals surface area (Å²) in [5.41, 5.74) is 10.2. The Morgan fingerprint density at radius 1 is 0.676 bits per heavy atom. The summed E-state index contributed by atoms with van der Waals surface area (Å²) >= 11 is 0. The van der Waals surface area contributed by atoms with E-state index in [1.54, 1.807) is 0 Å². The van der Waals surface area contributed by atoms with Gasteiger partial charge in [-0.1, -0.05) is 115 Å². The first kappa shape index (κ1) is 23.1. The van der Waals surface area contributed by atoms with Gasteiger partial charge < -0.3 is 4.90 Å². The zero-order chi connectivity index (χ0) is 24.9. The second-order valence-electron chi connectivity index (χ2n) is 9.67. The Labute approximate surface area is 220 Å². The number of rotatable bonds is 6. The molecule has 0 fully saturated rings. The summed E-state index contributed by atoms with van der Waals surface area (Å²) in [6.45, 7) is 0. The van der Waals surface area contributed by atoms with Crippen LogP contribution in [0.25, 0.3) is 16.7 Å². The standard InChI is InChI=1S/C36H31N/c1-5-13-28(14-6-1)29-21-23-33(24-22-29)37(32-19-11-4-12-20-32)34-25-26-35(30-15-7-2-8-16-30)36(27-34)31-17-9-3-10-18-31/h1-9,11-17,19-21,23-27,29H,10,18,22H2. The highest BCUT2D eigenvalue weighted by molar-refractivity contribution is 5.86. The molecule has 4 aromatic carbocycles. The number of anilines is 2. The molecule has 0 bridgehead atoms. The lowest BCUT2D eigenvalue weighted by molar-refractivity contribution is 0.840. The van der Waals surface area contributed by atoms with E-state index in [9.17, 15) is 0 Å². The van der Waals surface area contributed by atoms with Crippen molar-refractivity contribution in [2.45, 2.75) is 25.2 Å². The molecular weight excluding hydrogens is 446 g/mol. The quantitative estimate of drug-likeness (QED) is 0.267. The van der Waals surface area contributed by atoms with Gasteiger partial charge in [-0.15, -0.1) is 0 Å². The summed E-state index contributed by atoms with van der Waals surface area (Å²) in [7, 11) is 0. The van der Waals surface area contributed by atoms with Crippen molar-refractivity contribution >= 4 is 16.9 Å². The van der Waals surface area contributed by atoms with Crippen molar-refractivity contribution in [1.29, 1.82) is 0 Å². The Morgan fingerprint density at radius 2 is 1.41 bits per heavy atom. The average Bonchev–Trinajstić information content (AvgIpc) is 2.99. The Kier molecular flexibility index (Phi) is 6.68. The highest BCUT2D eigenvalue weighted by Crippen LogP contribution is 2.40. The second kappa shape index (κ2) is 10.7. The van der Waals surface area contributed by atoms with Crippen LogP contribution in [0.2, 0.25) is 0 Å². The number of para-hydroxylation sites is 1. The van der Waals surface area contributed by atoms with Gasteiger partial charge in [-0.05, 0) is 77.4 Å². The van der Waals surface area contributed by atoms with Gasteiger partial charge in [0.15, 0.2) is 0 Å². The maximum absolute atomic E-state index is 2.40. The Morgan fingerprint density at radius 3 is 2.08 bits per heavy atom. The first-order valence-corrected chi connectivity index (χ1v) is 13.2. The van der Waals surface area contributed by atoms with Crippen LogP contribution < -0.4 is 4.90 Å². The van der Waals surface area contributed by atoms with Crippen molar-refractivity contribution in [3.8, 4) is 11.1 Å². The number of hydrogen-bond acceptors (Lipinski definition) is 1. The lowest BCUT2D eigenvalue weighted by Crippen LogP contribution is -2.17. The molecule has 1 atom stereocenters. The van der Waals surface area contributed by atoms with E-state index in [0.717, 1.165) is 19.3 Å². The van der Waals surface area contributed by atoms with Crippen LogP contribution in [-0.4, -0.2) is 0 Å². The minimum atomic E-state index is 0.415. The Hall–Kier alpha value is -4.36. The van der Waals surface area contributed by atoms with Crippen molar-refractivity contribution < 1.29 is 0 Å². The van der Waals surface area contributed by atoms with E-state index in [-0.39, 0.29) is 0 Å². The molecule has 6 rings (SSSR count). The van der Waals surface area contributed by atoms with Crippen molar-refractivity contribution in [3.05, 3.63) is 162 Å². The van der Waals surface area contributed by atoms with Gasteiger partial charge in [0.25, 0.3) is 0 Å². The van der Waals surface area contributed by atoms with E-state index >= 15 is 0 Å². The lowest BCUT2D eigenvalue weighted by Gasteiger charge is -2.30. The van der Waals surface area contributed by atoms with Crippen LogP contribution in [0.1, 0.15) is 36.3 Å². The Balaban J connectivity index is 1.43. The molecule has 0 heterocycles. The fourth-order valence-electron chi connectivity index (χ4n) is 5.38. The predicted molar refractivity (Wildman–Crippen MR) is 158 cm³/mol. The number of allylic oxidation sites excluding steroid dienone is 7. The van der Waals surface area contributed by atoms with E-state index in [4.69, 9.17) is 0 Å².